The molecule has 5 heteroatoms. The maximum atomic E-state index is 14.3. The Morgan fingerprint density at radius 1 is 1.48 bits per heavy atom. The second-order valence-corrected chi connectivity index (χ2v) is 5.37. The van der Waals surface area contributed by atoms with E-state index in [1.165, 1.54) is 12.1 Å². The summed E-state index contributed by atoms with van der Waals surface area (Å²) in [7, 11) is 0. The zero-order chi connectivity index (χ0) is 15.4. The van der Waals surface area contributed by atoms with E-state index >= 15 is 0 Å². The summed E-state index contributed by atoms with van der Waals surface area (Å²) < 4.78 is 19.9. The van der Waals surface area contributed by atoms with E-state index in [1.54, 1.807) is 6.07 Å². The van der Waals surface area contributed by atoms with Crippen LogP contribution in [0, 0.1) is 5.82 Å². The van der Waals surface area contributed by atoms with Gasteiger partial charge >= 0.3 is 0 Å². The first-order valence-corrected chi connectivity index (χ1v) is 7.08. The average Bonchev–Trinajstić information content (AvgIpc) is 2.43. The van der Waals surface area contributed by atoms with Gasteiger partial charge in [-0.1, -0.05) is 12.6 Å². The van der Waals surface area contributed by atoms with Crippen molar-refractivity contribution >= 4 is 11.6 Å². The Balaban J connectivity index is 2.08. The lowest BCUT2D eigenvalue weighted by Gasteiger charge is -2.37. The molecule has 1 heterocycles. The molecular weight excluding hydrogens is 271 g/mol. The third kappa shape index (κ3) is 4.04. The maximum Gasteiger partial charge on any atom is 0.243 e. The Bertz CT molecular complexity index is 523. The first kappa shape index (κ1) is 15.5. The molecule has 0 bridgehead atoms. The minimum absolute atomic E-state index is 0.0831. The summed E-state index contributed by atoms with van der Waals surface area (Å²) in [6.07, 6.45) is 1.36. The SMILES string of the molecule is C=CC(=O)NCc1ccc(N2CC(C)OC(C)C2)c(F)c1. The van der Waals surface area contributed by atoms with Crippen molar-refractivity contribution in [3.63, 3.8) is 0 Å². The fraction of sp³-hybridized carbons (Fsp3) is 0.438. The van der Waals surface area contributed by atoms with Crippen LogP contribution >= 0.6 is 0 Å². The predicted molar refractivity (Wildman–Crippen MR) is 80.7 cm³/mol. The number of nitrogens with one attached hydrogen (secondary N) is 1. The van der Waals surface area contributed by atoms with Gasteiger partial charge in [0.15, 0.2) is 0 Å². The molecule has 0 radical (unpaired) electrons. The van der Waals surface area contributed by atoms with Gasteiger partial charge in [-0.3, -0.25) is 4.79 Å². The van der Waals surface area contributed by atoms with E-state index in [4.69, 9.17) is 4.74 Å². The Morgan fingerprint density at radius 2 is 2.14 bits per heavy atom. The van der Waals surface area contributed by atoms with Crippen molar-refractivity contribution < 1.29 is 13.9 Å². The number of anilines is 1. The molecule has 1 N–H and O–H groups in total. The van der Waals surface area contributed by atoms with E-state index in [-0.39, 0.29) is 30.5 Å². The molecule has 0 aromatic heterocycles. The van der Waals surface area contributed by atoms with Gasteiger partial charge in [0.05, 0.1) is 17.9 Å². The number of morpholine rings is 1. The van der Waals surface area contributed by atoms with Crippen molar-refractivity contribution in [3.05, 3.63) is 42.2 Å². The number of benzene rings is 1. The summed E-state index contributed by atoms with van der Waals surface area (Å²) in [5.74, 6) is -0.544. The molecule has 0 saturated carbocycles. The lowest BCUT2D eigenvalue weighted by atomic mass is 10.1. The Hall–Kier alpha value is -1.88. The normalized spacial score (nSPS) is 22.0. The van der Waals surface area contributed by atoms with Gasteiger partial charge in [-0.15, -0.1) is 0 Å². The average molecular weight is 292 g/mol. The van der Waals surface area contributed by atoms with Gasteiger partial charge < -0.3 is 15.0 Å². The molecule has 1 aliphatic rings. The highest BCUT2D eigenvalue weighted by Crippen LogP contribution is 2.24. The largest absolute Gasteiger partial charge is 0.372 e. The van der Waals surface area contributed by atoms with Crippen LogP contribution < -0.4 is 10.2 Å². The van der Waals surface area contributed by atoms with Gasteiger partial charge in [0.2, 0.25) is 5.91 Å². The molecular formula is C16H21FN2O2. The molecule has 2 unspecified atom stereocenters. The molecule has 1 fully saturated rings. The number of hydrogen-bond donors (Lipinski definition) is 1. The van der Waals surface area contributed by atoms with Crippen LogP contribution in [0.25, 0.3) is 0 Å². The molecule has 1 aromatic carbocycles. The van der Waals surface area contributed by atoms with E-state index < -0.39 is 0 Å². The lowest BCUT2D eigenvalue weighted by Crippen LogP contribution is -2.45. The zero-order valence-corrected chi connectivity index (χ0v) is 12.4. The minimum Gasteiger partial charge on any atom is -0.372 e. The predicted octanol–water partition coefficient (Wildman–Crippen LogP) is 2.24. The van der Waals surface area contributed by atoms with E-state index in [9.17, 15) is 9.18 Å². The summed E-state index contributed by atoms with van der Waals surface area (Å²) in [4.78, 5) is 13.1. The van der Waals surface area contributed by atoms with Crippen LogP contribution in [0.2, 0.25) is 0 Å². The topological polar surface area (TPSA) is 41.6 Å². The number of amides is 1. The van der Waals surface area contributed by atoms with Gasteiger partial charge in [-0.25, -0.2) is 4.39 Å². The van der Waals surface area contributed by atoms with Gasteiger partial charge in [-0.05, 0) is 37.6 Å². The van der Waals surface area contributed by atoms with Crippen molar-refractivity contribution in [2.75, 3.05) is 18.0 Å². The van der Waals surface area contributed by atoms with E-state index in [0.29, 0.717) is 18.8 Å². The maximum absolute atomic E-state index is 14.3. The highest BCUT2D eigenvalue weighted by molar-refractivity contribution is 5.86. The first-order valence-electron chi connectivity index (χ1n) is 7.08. The highest BCUT2D eigenvalue weighted by atomic mass is 19.1. The molecule has 2 atom stereocenters. The second-order valence-electron chi connectivity index (χ2n) is 5.37. The summed E-state index contributed by atoms with van der Waals surface area (Å²) >= 11 is 0. The first-order chi connectivity index (χ1) is 9.99. The Labute approximate surface area is 124 Å². The molecule has 0 aliphatic carbocycles. The molecule has 0 spiro atoms. The molecule has 4 nitrogen and oxygen atoms in total. The van der Waals surface area contributed by atoms with Crippen molar-refractivity contribution in [3.8, 4) is 0 Å². The number of carbonyl (C=O) groups is 1. The van der Waals surface area contributed by atoms with Gasteiger partial charge in [0, 0.05) is 19.6 Å². The molecule has 2 rings (SSSR count). The lowest BCUT2D eigenvalue weighted by molar-refractivity contribution is -0.116. The van der Waals surface area contributed by atoms with Gasteiger partial charge in [0.1, 0.15) is 5.82 Å². The van der Waals surface area contributed by atoms with Crippen molar-refractivity contribution in [1.82, 2.24) is 5.32 Å². The number of halogens is 1. The molecule has 1 amide bonds. The fourth-order valence-corrected chi connectivity index (χ4v) is 2.55. The molecule has 1 aliphatic heterocycles. The Kier molecular flexibility index (Phi) is 4.96. The highest BCUT2D eigenvalue weighted by Gasteiger charge is 2.24. The number of nitrogens with zero attached hydrogens (tertiary/aromatic N) is 1. The van der Waals surface area contributed by atoms with Crippen molar-refractivity contribution in [2.45, 2.75) is 32.6 Å². The Morgan fingerprint density at radius 3 is 2.71 bits per heavy atom. The van der Waals surface area contributed by atoms with Crippen LogP contribution in [0.15, 0.2) is 30.9 Å². The third-order valence-electron chi connectivity index (χ3n) is 3.42. The van der Waals surface area contributed by atoms with Crippen molar-refractivity contribution in [1.29, 1.82) is 0 Å². The smallest absolute Gasteiger partial charge is 0.243 e. The van der Waals surface area contributed by atoms with Crippen molar-refractivity contribution in [2.24, 2.45) is 0 Å². The molecule has 1 aromatic rings. The summed E-state index contributed by atoms with van der Waals surface area (Å²) in [6.45, 7) is 8.99. The summed E-state index contributed by atoms with van der Waals surface area (Å²) in [5, 5.41) is 2.63. The summed E-state index contributed by atoms with van der Waals surface area (Å²) in [6, 6.07) is 5.05. The van der Waals surface area contributed by atoms with E-state index in [2.05, 4.69) is 11.9 Å². The van der Waals surface area contributed by atoms with Crippen LogP contribution in [0.4, 0.5) is 10.1 Å². The minimum atomic E-state index is -0.276. The van der Waals surface area contributed by atoms with Crippen LogP contribution in [-0.2, 0) is 16.1 Å². The monoisotopic (exact) mass is 292 g/mol. The molecule has 21 heavy (non-hydrogen) atoms. The van der Waals surface area contributed by atoms with E-state index in [1.807, 2.05) is 24.8 Å². The van der Waals surface area contributed by atoms with Gasteiger partial charge in [0.25, 0.3) is 0 Å². The van der Waals surface area contributed by atoms with Gasteiger partial charge in [-0.2, -0.15) is 0 Å². The zero-order valence-electron chi connectivity index (χ0n) is 12.4. The number of hydrogen-bond acceptors (Lipinski definition) is 3. The number of carbonyl (C=O) groups excluding carboxylic acids is 1. The third-order valence-corrected chi connectivity index (χ3v) is 3.42. The van der Waals surface area contributed by atoms with Crippen LogP contribution in [0.5, 0.6) is 0 Å². The second kappa shape index (κ2) is 6.72. The molecule has 1 saturated heterocycles. The van der Waals surface area contributed by atoms with Crippen LogP contribution in [-0.4, -0.2) is 31.2 Å². The van der Waals surface area contributed by atoms with Crippen LogP contribution in [0.3, 0.4) is 0 Å². The van der Waals surface area contributed by atoms with Crippen LogP contribution in [0.1, 0.15) is 19.4 Å². The quantitative estimate of drug-likeness (QED) is 0.865. The molecule has 114 valence electrons. The number of ether oxygens (including phenoxy) is 1. The standard InChI is InChI=1S/C16H21FN2O2/c1-4-16(20)18-8-13-5-6-15(14(17)7-13)19-9-11(2)21-12(3)10-19/h4-7,11-12H,1,8-10H2,2-3H3,(H,18,20). The summed E-state index contributed by atoms with van der Waals surface area (Å²) in [5.41, 5.74) is 1.30. The fourth-order valence-electron chi connectivity index (χ4n) is 2.55. The number of rotatable bonds is 4. The van der Waals surface area contributed by atoms with E-state index in [0.717, 1.165) is 5.56 Å².